The van der Waals surface area contributed by atoms with Crippen LogP contribution < -0.4 is 21.5 Å². The van der Waals surface area contributed by atoms with Crippen LogP contribution in [0.5, 0.6) is 0 Å². The highest BCUT2D eigenvalue weighted by Gasteiger charge is 2.40. The van der Waals surface area contributed by atoms with Crippen molar-refractivity contribution in [1.82, 2.24) is 24.5 Å². The van der Waals surface area contributed by atoms with Crippen molar-refractivity contribution in [3.8, 4) is 0 Å². The summed E-state index contributed by atoms with van der Waals surface area (Å²) in [4.78, 5) is 30.2. The molecule has 0 aliphatic heterocycles. The Balaban J connectivity index is 1.46. The standard InChI is InChI=1S/C21H24FN7O3/c1-23-18-9-17(25-14-4-3-7-28(21(14)31)15-8-12(15)22)27-19-11(10-24-29(18)19)20(30)26-13-5-6-16(13)32-2/h3-4,7,9-10,12-13,15-16,23H,5-6,8H2,1-2H3,(H,25,27)(H,26,30)/t12-,13+,15-,16+/m1/s1. The first kappa shape index (κ1) is 20.4. The number of ether oxygens (including phenoxy) is 1. The van der Waals surface area contributed by atoms with E-state index in [1.54, 1.807) is 38.6 Å². The molecule has 3 heterocycles. The van der Waals surface area contributed by atoms with E-state index in [0.29, 0.717) is 29.3 Å². The topological polar surface area (TPSA) is 115 Å². The van der Waals surface area contributed by atoms with Crippen LogP contribution in [0.1, 0.15) is 35.7 Å². The maximum Gasteiger partial charge on any atom is 0.274 e. The third kappa shape index (κ3) is 3.48. The summed E-state index contributed by atoms with van der Waals surface area (Å²) >= 11 is 0. The van der Waals surface area contributed by atoms with Crippen LogP contribution in [-0.4, -0.2) is 57.5 Å². The van der Waals surface area contributed by atoms with Crippen molar-refractivity contribution in [1.29, 1.82) is 0 Å². The van der Waals surface area contributed by atoms with Crippen LogP contribution in [0.2, 0.25) is 0 Å². The second kappa shape index (κ2) is 7.90. The molecule has 2 saturated carbocycles. The third-order valence-corrected chi connectivity index (χ3v) is 6.08. The molecule has 0 spiro atoms. The van der Waals surface area contributed by atoms with Crippen molar-refractivity contribution < 1.29 is 13.9 Å². The van der Waals surface area contributed by atoms with Gasteiger partial charge in [-0.25, -0.2) is 9.37 Å². The summed E-state index contributed by atoms with van der Waals surface area (Å²) in [6.07, 6.45) is 4.17. The summed E-state index contributed by atoms with van der Waals surface area (Å²) in [7, 11) is 3.35. The summed E-state index contributed by atoms with van der Waals surface area (Å²) in [6, 6.07) is 4.53. The Morgan fingerprint density at radius 2 is 2.16 bits per heavy atom. The van der Waals surface area contributed by atoms with E-state index in [4.69, 9.17) is 4.74 Å². The zero-order valence-electron chi connectivity index (χ0n) is 17.7. The summed E-state index contributed by atoms with van der Waals surface area (Å²) in [5, 5.41) is 13.3. The van der Waals surface area contributed by atoms with Gasteiger partial charge in [-0.05, 0) is 25.0 Å². The zero-order valence-corrected chi connectivity index (χ0v) is 17.7. The molecule has 5 rings (SSSR count). The minimum absolute atomic E-state index is 0.00878. The van der Waals surface area contributed by atoms with E-state index in [-0.39, 0.29) is 29.3 Å². The van der Waals surface area contributed by atoms with Gasteiger partial charge in [-0.2, -0.15) is 9.61 Å². The number of amides is 1. The number of anilines is 3. The molecule has 3 aromatic heterocycles. The average molecular weight is 441 g/mol. The average Bonchev–Trinajstić information content (AvgIpc) is 3.33. The van der Waals surface area contributed by atoms with Gasteiger partial charge in [0.25, 0.3) is 11.5 Å². The molecule has 0 bridgehead atoms. The first-order chi connectivity index (χ1) is 15.5. The zero-order chi connectivity index (χ0) is 22.4. The van der Waals surface area contributed by atoms with E-state index in [2.05, 4.69) is 26.0 Å². The molecule has 2 fully saturated rings. The van der Waals surface area contributed by atoms with Gasteiger partial charge < -0.3 is 25.3 Å². The fourth-order valence-corrected chi connectivity index (χ4v) is 3.97. The SMILES string of the molecule is CNc1cc(Nc2cccn([C@@H]3C[C@H]3F)c2=O)nc2c(C(=O)N[C@H]3CC[C@@H]3OC)cnn12. The molecule has 3 aromatic rings. The summed E-state index contributed by atoms with van der Waals surface area (Å²) < 4.78 is 21.7. The van der Waals surface area contributed by atoms with Crippen molar-refractivity contribution in [2.75, 3.05) is 24.8 Å². The Morgan fingerprint density at radius 1 is 1.34 bits per heavy atom. The number of aromatic nitrogens is 4. The number of fused-ring (bicyclic) bond motifs is 1. The van der Waals surface area contributed by atoms with Gasteiger partial charge >= 0.3 is 0 Å². The minimum atomic E-state index is -0.991. The van der Waals surface area contributed by atoms with E-state index in [1.807, 2.05) is 0 Å². The van der Waals surface area contributed by atoms with Gasteiger partial charge in [0.05, 0.1) is 24.4 Å². The molecule has 0 unspecified atom stereocenters. The summed E-state index contributed by atoms with van der Waals surface area (Å²) in [6.45, 7) is 0. The van der Waals surface area contributed by atoms with Crippen LogP contribution in [0.4, 0.5) is 21.7 Å². The highest BCUT2D eigenvalue weighted by atomic mass is 19.1. The van der Waals surface area contributed by atoms with Crippen LogP contribution in [0, 0.1) is 0 Å². The minimum Gasteiger partial charge on any atom is -0.379 e. The van der Waals surface area contributed by atoms with E-state index in [1.165, 1.54) is 15.3 Å². The smallest absolute Gasteiger partial charge is 0.274 e. The number of hydrogen-bond acceptors (Lipinski definition) is 7. The molecule has 4 atom stereocenters. The lowest BCUT2D eigenvalue weighted by molar-refractivity contribution is 0.00732. The molecule has 0 aromatic carbocycles. The van der Waals surface area contributed by atoms with Gasteiger partial charge in [0, 0.05) is 32.8 Å². The van der Waals surface area contributed by atoms with Gasteiger partial charge in [0.1, 0.15) is 29.1 Å². The van der Waals surface area contributed by atoms with Crippen LogP contribution in [0.25, 0.3) is 5.65 Å². The van der Waals surface area contributed by atoms with Crippen molar-refractivity contribution in [2.45, 2.75) is 43.6 Å². The molecule has 10 nitrogen and oxygen atoms in total. The second-order valence-electron chi connectivity index (χ2n) is 8.08. The number of halogens is 1. The number of rotatable bonds is 7. The van der Waals surface area contributed by atoms with Crippen molar-refractivity contribution in [2.24, 2.45) is 0 Å². The fourth-order valence-electron chi connectivity index (χ4n) is 3.97. The molecular weight excluding hydrogens is 417 g/mol. The first-order valence-corrected chi connectivity index (χ1v) is 10.5. The number of alkyl halides is 1. The van der Waals surface area contributed by atoms with E-state index >= 15 is 0 Å². The van der Waals surface area contributed by atoms with Gasteiger partial charge in [0.2, 0.25) is 0 Å². The summed E-state index contributed by atoms with van der Waals surface area (Å²) in [5.74, 6) is 0.651. The largest absolute Gasteiger partial charge is 0.379 e. The maximum absolute atomic E-state index is 13.5. The first-order valence-electron chi connectivity index (χ1n) is 10.5. The van der Waals surface area contributed by atoms with Crippen LogP contribution in [0.15, 0.2) is 35.4 Å². The van der Waals surface area contributed by atoms with Crippen LogP contribution in [-0.2, 0) is 4.74 Å². The van der Waals surface area contributed by atoms with E-state index < -0.39 is 12.2 Å². The number of pyridine rings is 1. The fraction of sp³-hybridized carbons (Fsp3) is 0.429. The lowest BCUT2D eigenvalue weighted by Gasteiger charge is -2.35. The number of nitrogens with one attached hydrogen (secondary N) is 3. The lowest BCUT2D eigenvalue weighted by Crippen LogP contribution is -2.51. The predicted octanol–water partition coefficient (Wildman–Crippen LogP) is 1.87. The molecule has 3 N–H and O–H groups in total. The van der Waals surface area contributed by atoms with Gasteiger partial charge in [-0.15, -0.1) is 0 Å². The second-order valence-corrected chi connectivity index (χ2v) is 8.08. The molecule has 0 radical (unpaired) electrons. The van der Waals surface area contributed by atoms with E-state index in [0.717, 1.165) is 12.8 Å². The van der Waals surface area contributed by atoms with Gasteiger partial charge in [-0.3, -0.25) is 9.59 Å². The number of methoxy groups -OCH3 is 1. The molecule has 1 amide bonds. The number of hydrogen-bond donors (Lipinski definition) is 3. The predicted molar refractivity (Wildman–Crippen MR) is 116 cm³/mol. The Kier molecular flexibility index (Phi) is 5.04. The van der Waals surface area contributed by atoms with Crippen molar-refractivity contribution in [3.63, 3.8) is 0 Å². The Hall–Kier alpha value is -3.47. The normalized spacial score (nSPS) is 24.1. The third-order valence-electron chi connectivity index (χ3n) is 6.08. The maximum atomic E-state index is 13.5. The van der Waals surface area contributed by atoms with Crippen LogP contribution >= 0.6 is 0 Å². The Morgan fingerprint density at radius 3 is 2.81 bits per heavy atom. The number of carbonyl (C=O) groups excluding carboxylic acids is 1. The highest BCUT2D eigenvalue weighted by Crippen LogP contribution is 2.37. The number of carbonyl (C=O) groups is 1. The molecule has 2 aliphatic rings. The van der Waals surface area contributed by atoms with Crippen molar-refractivity contribution >= 4 is 28.9 Å². The molecule has 32 heavy (non-hydrogen) atoms. The van der Waals surface area contributed by atoms with Gasteiger partial charge in [-0.1, -0.05) is 0 Å². The molecular formula is C21H24FN7O3. The molecule has 168 valence electrons. The Labute approximate surface area is 182 Å². The molecule has 2 aliphatic carbocycles. The quantitative estimate of drug-likeness (QED) is 0.513. The van der Waals surface area contributed by atoms with Crippen LogP contribution in [0.3, 0.4) is 0 Å². The monoisotopic (exact) mass is 441 g/mol. The Bertz CT molecular complexity index is 1240. The summed E-state index contributed by atoms with van der Waals surface area (Å²) in [5.41, 5.74) is 0.601. The molecule has 0 saturated heterocycles. The lowest BCUT2D eigenvalue weighted by atomic mass is 9.89. The highest BCUT2D eigenvalue weighted by molar-refractivity contribution is 6.00. The van der Waals surface area contributed by atoms with Crippen molar-refractivity contribution in [3.05, 3.63) is 46.5 Å². The van der Waals surface area contributed by atoms with Gasteiger partial charge in [0.15, 0.2) is 5.65 Å². The molecule has 11 heteroatoms. The van der Waals surface area contributed by atoms with E-state index in [9.17, 15) is 14.0 Å². The number of nitrogens with zero attached hydrogens (tertiary/aromatic N) is 4.